The van der Waals surface area contributed by atoms with Crippen molar-refractivity contribution < 1.29 is 26.3 Å². The highest BCUT2D eigenvalue weighted by Gasteiger charge is 2.37. The normalized spacial score (nSPS) is 13.0. The van der Waals surface area contributed by atoms with E-state index in [-0.39, 0.29) is 6.07 Å². The Hall–Kier alpha value is -0.910. The highest BCUT2D eigenvalue weighted by atomic mass is 35.5. The number of hydrogen-bond acceptors (Lipinski definition) is 0. The number of halogens is 7. The summed E-state index contributed by atoms with van der Waals surface area (Å²) in [5.41, 5.74) is -2.86. The maximum absolute atomic E-state index is 12.2. The SMILES string of the molecule is FC(F)(F)c1ccc(Cl)c(C(F)(F)F)c1. The Kier molecular flexibility index (Phi) is 2.91. The summed E-state index contributed by atoms with van der Waals surface area (Å²) in [6.07, 6.45) is -9.71. The maximum atomic E-state index is 12.2. The average molecular weight is 249 g/mol. The molecule has 84 valence electrons. The van der Waals surface area contributed by atoms with Crippen LogP contribution in [0.4, 0.5) is 26.3 Å². The van der Waals surface area contributed by atoms with Crippen molar-refractivity contribution in [2.45, 2.75) is 12.4 Å². The number of hydrogen-bond donors (Lipinski definition) is 0. The van der Waals surface area contributed by atoms with Gasteiger partial charge in [-0.1, -0.05) is 11.6 Å². The monoisotopic (exact) mass is 248 g/mol. The zero-order valence-corrected chi connectivity index (χ0v) is 7.63. The van der Waals surface area contributed by atoms with Crippen LogP contribution in [0, 0.1) is 0 Å². The molecule has 0 spiro atoms. The predicted molar refractivity (Wildman–Crippen MR) is 41.5 cm³/mol. The molecular formula is C8H3ClF6. The topological polar surface area (TPSA) is 0 Å². The van der Waals surface area contributed by atoms with Gasteiger partial charge < -0.3 is 0 Å². The smallest absolute Gasteiger partial charge is 0.166 e. The highest BCUT2D eigenvalue weighted by Crippen LogP contribution is 2.38. The van der Waals surface area contributed by atoms with Crippen LogP contribution >= 0.6 is 11.6 Å². The lowest BCUT2D eigenvalue weighted by molar-refractivity contribution is -0.143. The van der Waals surface area contributed by atoms with E-state index < -0.39 is 28.5 Å². The molecule has 0 atom stereocenters. The summed E-state index contributed by atoms with van der Waals surface area (Å²) in [4.78, 5) is 0. The van der Waals surface area contributed by atoms with Gasteiger partial charge in [0, 0.05) is 0 Å². The van der Waals surface area contributed by atoms with Crippen LogP contribution in [0.1, 0.15) is 11.1 Å². The Morgan fingerprint density at radius 3 is 1.80 bits per heavy atom. The Morgan fingerprint density at radius 2 is 1.40 bits per heavy atom. The highest BCUT2D eigenvalue weighted by molar-refractivity contribution is 6.31. The first-order chi connectivity index (χ1) is 6.62. The van der Waals surface area contributed by atoms with Crippen LogP contribution in [0.25, 0.3) is 0 Å². The molecule has 0 nitrogen and oxygen atoms in total. The summed E-state index contributed by atoms with van der Waals surface area (Å²) < 4.78 is 72.7. The molecule has 0 amide bonds. The van der Waals surface area contributed by atoms with Crippen molar-refractivity contribution in [3.05, 3.63) is 34.3 Å². The molecule has 0 aliphatic carbocycles. The summed E-state index contributed by atoms with van der Waals surface area (Å²) in [5.74, 6) is 0. The minimum Gasteiger partial charge on any atom is -0.166 e. The van der Waals surface area contributed by atoms with Gasteiger partial charge in [0.05, 0.1) is 16.1 Å². The van der Waals surface area contributed by atoms with Gasteiger partial charge in [0.2, 0.25) is 0 Å². The number of rotatable bonds is 0. The minimum absolute atomic E-state index is 0.0116. The Bertz CT molecular complexity index is 364. The van der Waals surface area contributed by atoms with Crippen LogP contribution in [-0.2, 0) is 12.4 Å². The lowest BCUT2D eigenvalue weighted by atomic mass is 10.1. The molecule has 0 saturated carbocycles. The molecule has 0 radical (unpaired) electrons. The second-order valence-electron chi connectivity index (χ2n) is 2.69. The summed E-state index contributed by atoms with van der Waals surface area (Å²) in [6, 6.07) is 1.06. The minimum atomic E-state index is -4.89. The molecule has 1 aromatic carbocycles. The zero-order chi connectivity index (χ0) is 11.9. The number of benzene rings is 1. The predicted octanol–water partition coefficient (Wildman–Crippen LogP) is 4.38. The summed E-state index contributed by atoms with van der Waals surface area (Å²) in [5, 5.41) is -0.754. The van der Waals surface area contributed by atoms with Gasteiger partial charge in [0.15, 0.2) is 0 Å². The molecule has 0 saturated heterocycles. The van der Waals surface area contributed by atoms with Crippen molar-refractivity contribution in [1.29, 1.82) is 0 Å². The molecule has 0 N–H and O–H groups in total. The second kappa shape index (κ2) is 3.59. The first kappa shape index (κ1) is 12.2. The molecule has 1 rings (SSSR count). The van der Waals surface area contributed by atoms with Crippen LogP contribution < -0.4 is 0 Å². The number of alkyl halides is 6. The van der Waals surface area contributed by atoms with Crippen LogP contribution in [0.5, 0.6) is 0 Å². The van der Waals surface area contributed by atoms with Crippen molar-refractivity contribution in [3.63, 3.8) is 0 Å². The first-order valence-corrected chi connectivity index (χ1v) is 3.94. The van der Waals surface area contributed by atoms with E-state index in [4.69, 9.17) is 11.6 Å². The lowest BCUT2D eigenvalue weighted by Gasteiger charge is -2.12. The lowest BCUT2D eigenvalue weighted by Crippen LogP contribution is -2.10. The molecule has 0 aliphatic heterocycles. The molecule has 15 heavy (non-hydrogen) atoms. The van der Waals surface area contributed by atoms with Gasteiger partial charge in [-0.15, -0.1) is 0 Å². The van der Waals surface area contributed by atoms with Gasteiger partial charge in [0.25, 0.3) is 0 Å². The Morgan fingerprint density at radius 1 is 0.867 bits per heavy atom. The maximum Gasteiger partial charge on any atom is 0.417 e. The van der Waals surface area contributed by atoms with Crippen molar-refractivity contribution in [1.82, 2.24) is 0 Å². The molecule has 0 fully saturated rings. The molecule has 7 heteroatoms. The fourth-order valence-electron chi connectivity index (χ4n) is 0.919. The average Bonchev–Trinajstić information content (AvgIpc) is 2.00. The molecule has 0 aromatic heterocycles. The van der Waals surface area contributed by atoms with E-state index in [1.807, 2.05) is 0 Å². The summed E-state index contributed by atoms with van der Waals surface area (Å²) >= 11 is 5.14. The van der Waals surface area contributed by atoms with E-state index >= 15 is 0 Å². The van der Waals surface area contributed by atoms with Crippen molar-refractivity contribution in [2.75, 3.05) is 0 Å². The molecular weight excluding hydrogens is 246 g/mol. The van der Waals surface area contributed by atoms with E-state index in [0.717, 1.165) is 0 Å². The molecule has 0 heterocycles. The van der Waals surface area contributed by atoms with Crippen LogP contribution in [-0.4, -0.2) is 0 Å². The zero-order valence-electron chi connectivity index (χ0n) is 6.88. The quantitative estimate of drug-likeness (QED) is 0.598. The Balaban J connectivity index is 3.30. The van der Waals surface area contributed by atoms with Crippen LogP contribution in [0.15, 0.2) is 18.2 Å². The van der Waals surface area contributed by atoms with E-state index in [9.17, 15) is 26.3 Å². The third-order valence-electron chi connectivity index (χ3n) is 1.60. The first-order valence-electron chi connectivity index (χ1n) is 3.56. The fraction of sp³-hybridized carbons (Fsp3) is 0.250. The third kappa shape index (κ3) is 2.77. The van der Waals surface area contributed by atoms with E-state index in [1.165, 1.54) is 0 Å². The molecule has 0 bridgehead atoms. The molecule has 1 aromatic rings. The van der Waals surface area contributed by atoms with Gasteiger partial charge in [-0.3, -0.25) is 0 Å². The Labute approximate surface area is 85.5 Å². The van der Waals surface area contributed by atoms with Gasteiger partial charge in [-0.2, -0.15) is 26.3 Å². The van der Waals surface area contributed by atoms with E-state index in [2.05, 4.69) is 0 Å². The van der Waals surface area contributed by atoms with Crippen molar-refractivity contribution in [3.8, 4) is 0 Å². The third-order valence-corrected chi connectivity index (χ3v) is 1.93. The second-order valence-corrected chi connectivity index (χ2v) is 3.10. The van der Waals surface area contributed by atoms with Crippen LogP contribution in [0.3, 0.4) is 0 Å². The largest absolute Gasteiger partial charge is 0.417 e. The summed E-state index contributed by atoms with van der Waals surface area (Å²) in [6.45, 7) is 0. The standard InChI is InChI=1S/C8H3ClF6/c9-6-2-1-4(7(10,11)12)3-5(6)8(13,14)15/h1-3H. The van der Waals surface area contributed by atoms with Gasteiger partial charge in [-0.25, -0.2) is 0 Å². The van der Waals surface area contributed by atoms with E-state index in [0.29, 0.717) is 12.1 Å². The van der Waals surface area contributed by atoms with Crippen LogP contribution in [0.2, 0.25) is 5.02 Å². The molecule has 0 unspecified atom stereocenters. The van der Waals surface area contributed by atoms with Crippen molar-refractivity contribution >= 4 is 11.6 Å². The van der Waals surface area contributed by atoms with Gasteiger partial charge in [0.1, 0.15) is 0 Å². The van der Waals surface area contributed by atoms with Crippen molar-refractivity contribution in [2.24, 2.45) is 0 Å². The molecule has 0 aliphatic rings. The fourth-order valence-corrected chi connectivity index (χ4v) is 1.14. The summed E-state index contributed by atoms with van der Waals surface area (Å²) in [7, 11) is 0. The van der Waals surface area contributed by atoms with E-state index in [1.54, 1.807) is 0 Å². The van der Waals surface area contributed by atoms with Gasteiger partial charge >= 0.3 is 12.4 Å². The van der Waals surface area contributed by atoms with Gasteiger partial charge in [-0.05, 0) is 18.2 Å².